The van der Waals surface area contributed by atoms with Crippen molar-refractivity contribution in [3.8, 4) is 0 Å². The zero-order valence-electron chi connectivity index (χ0n) is 25.4. The van der Waals surface area contributed by atoms with E-state index in [2.05, 4.69) is 65.9 Å². The van der Waals surface area contributed by atoms with Gasteiger partial charge in [-0.25, -0.2) is 0 Å². The summed E-state index contributed by atoms with van der Waals surface area (Å²) < 4.78 is 0. The van der Waals surface area contributed by atoms with Crippen LogP contribution < -0.4 is 5.32 Å². The molecule has 38 heavy (non-hydrogen) atoms. The van der Waals surface area contributed by atoms with Crippen LogP contribution in [0.5, 0.6) is 0 Å². The van der Waals surface area contributed by atoms with Gasteiger partial charge in [0.25, 0.3) is 0 Å². The lowest BCUT2D eigenvalue weighted by molar-refractivity contribution is -0.202. The van der Waals surface area contributed by atoms with Gasteiger partial charge in [-0.3, -0.25) is 9.59 Å². The molecule has 4 nitrogen and oxygen atoms in total. The first kappa shape index (κ1) is 28.1. The quantitative estimate of drug-likeness (QED) is 0.391. The van der Waals surface area contributed by atoms with E-state index in [1.165, 1.54) is 12.0 Å². The predicted molar refractivity (Wildman–Crippen MR) is 153 cm³/mol. The monoisotopic (exact) mass is 523 g/mol. The number of aliphatic hydroxyl groups is 1. The molecule has 9 atom stereocenters. The molecular weight excluding hydrogens is 470 g/mol. The van der Waals surface area contributed by atoms with E-state index >= 15 is 0 Å². The Labute approximate surface area is 231 Å². The Morgan fingerprint density at radius 1 is 1.00 bits per heavy atom. The van der Waals surface area contributed by atoms with Gasteiger partial charge in [-0.2, -0.15) is 0 Å². The van der Waals surface area contributed by atoms with Crippen LogP contribution in [0.1, 0.15) is 113 Å². The van der Waals surface area contributed by atoms with Crippen molar-refractivity contribution in [2.45, 2.75) is 119 Å². The number of carbonyl (C=O) groups is 2. The molecule has 0 saturated heterocycles. The molecule has 2 N–H and O–H groups in total. The van der Waals surface area contributed by atoms with Gasteiger partial charge in [0.1, 0.15) is 0 Å². The zero-order valence-corrected chi connectivity index (χ0v) is 25.4. The normalized spacial score (nSPS) is 49.8. The average Bonchev–Trinajstić information content (AvgIpc) is 2.83. The Bertz CT molecular complexity index is 1070. The smallest absolute Gasteiger partial charge is 0.243 e. The molecule has 0 aromatic carbocycles. The number of rotatable bonds is 3. The van der Waals surface area contributed by atoms with E-state index in [-0.39, 0.29) is 50.4 Å². The molecule has 0 aromatic heterocycles. The second kappa shape index (κ2) is 8.79. The van der Waals surface area contributed by atoms with Crippen LogP contribution in [0.3, 0.4) is 0 Å². The fraction of sp³-hybridized carbons (Fsp3) is 0.824. The highest BCUT2D eigenvalue weighted by Gasteiger charge is 2.70. The van der Waals surface area contributed by atoms with Crippen LogP contribution >= 0.6 is 0 Å². The van der Waals surface area contributed by atoms with Crippen LogP contribution in [0.4, 0.5) is 0 Å². The van der Waals surface area contributed by atoms with Crippen LogP contribution in [0.15, 0.2) is 23.8 Å². The number of likely N-dealkylation sites (N-methyl/N-ethyl adjacent to an activating group) is 1. The molecule has 0 aromatic rings. The molecule has 5 aliphatic rings. The van der Waals surface area contributed by atoms with E-state index < -0.39 is 0 Å². The number of aliphatic hydroxyl groups excluding tert-OH is 1. The minimum Gasteiger partial charge on any atom is -0.393 e. The van der Waals surface area contributed by atoms with Crippen molar-refractivity contribution in [2.75, 3.05) is 6.54 Å². The van der Waals surface area contributed by atoms with Gasteiger partial charge in [-0.05, 0) is 121 Å². The standard InChI is InChI=1S/C34H53NO3/c1-9-35-27(38)12-13-30(4)16-17-31(5)18-19-33(7)22(23(31)21-30)20-24(36)28-32(6)14-11-26(37)29(2,3)25(32)10-15-34(28,33)8/h12-13,20,23,25-26,28,37H,9-11,14-19,21H2,1-8H3,(H,35,38)/b13-12+/t23-,25-,26-,28+,30-,31+,32-,33+,34+/m0/s1. The predicted octanol–water partition coefficient (Wildman–Crippen LogP) is 7.02. The SMILES string of the molecule is CCNC(=O)/C=C/[C@@]1(C)CC[C@]2(C)CC[C@]3(C)C(=CC(=O)[C@@H]4[C@@]5(C)CC[C@H](O)C(C)(C)[C@@H]5CC[C@]43C)[C@@H]2C1. The summed E-state index contributed by atoms with van der Waals surface area (Å²) in [6, 6.07) is 0. The van der Waals surface area contributed by atoms with Gasteiger partial charge in [0.05, 0.1) is 6.10 Å². The maximum absolute atomic E-state index is 14.4. The molecule has 1 amide bonds. The Hall–Kier alpha value is -1.42. The van der Waals surface area contributed by atoms with Crippen LogP contribution in [-0.2, 0) is 9.59 Å². The largest absolute Gasteiger partial charge is 0.393 e. The van der Waals surface area contributed by atoms with Gasteiger partial charge < -0.3 is 10.4 Å². The highest BCUT2D eigenvalue weighted by molar-refractivity contribution is 5.95. The molecule has 0 heterocycles. The van der Waals surface area contributed by atoms with E-state index in [9.17, 15) is 14.7 Å². The van der Waals surface area contributed by atoms with Gasteiger partial charge in [-0.15, -0.1) is 0 Å². The van der Waals surface area contributed by atoms with Crippen molar-refractivity contribution in [2.24, 2.45) is 50.2 Å². The van der Waals surface area contributed by atoms with Crippen molar-refractivity contribution in [1.82, 2.24) is 5.32 Å². The first-order valence-corrected chi connectivity index (χ1v) is 15.5. The summed E-state index contributed by atoms with van der Waals surface area (Å²) in [4.78, 5) is 26.6. The maximum Gasteiger partial charge on any atom is 0.243 e. The first-order chi connectivity index (χ1) is 17.6. The van der Waals surface area contributed by atoms with Crippen molar-refractivity contribution in [1.29, 1.82) is 0 Å². The number of hydrogen-bond donors (Lipinski definition) is 2. The van der Waals surface area contributed by atoms with E-state index in [1.54, 1.807) is 6.08 Å². The number of allylic oxidation sites excluding steroid dienone is 3. The molecular formula is C34H53NO3. The number of carbonyl (C=O) groups excluding carboxylic acids is 2. The maximum atomic E-state index is 14.4. The topological polar surface area (TPSA) is 66.4 Å². The molecule has 4 fully saturated rings. The minimum absolute atomic E-state index is 0.00545. The number of nitrogens with one attached hydrogen (secondary N) is 1. The molecule has 4 heteroatoms. The van der Waals surface area contributed by atoms with Crippen LogP contribution in [0.25, 0.3) is 0 Å². The molecule has 0 spiro atoms. The van der Waals surface area contributed by atoms with Crippen molar-refractivity contribution in [3.63, 3.8) is 0 Å². The van der Waals surface area contributed by atoms with Crippen molar-refractivity contribution in [3.05, 3.63) is 23.8 Å². The van der Waals surface area contributed by atoms with Gasteiger partial charge >= 0.3 is 0 Å². The Balaban J connectivity index is 1.54. The third-order valence-corrected chi connectivity index (χ3v) is 13.6. The molecule has 4 saturated carbocycles. The molecule has 0 aliphatic heterocycles. The average molecular weight is 524 g/mol. The number of fused-ring (bicyclic) bond motifs is 7. The summed E-state index contributed by atoms with van der Waals surface area (Å²) in [5, 5.41) is 13.8. The van der Waals surface area contributed by atoms with Crippen LogP contribution in [0.2, 0.25) is 0 Å². The first-order valence-electron chi connectivity index (χ1n) is 15.5. The van der Waals surface area contributed by atoms with Crippen molar-refractivity contribution >= 4 is 11.7 Å². The van der Waals surface area contributed by atoms with Gasteiger partial charge in [0.2, 0.25) is 5.91 Å². The highest BCUT2D eigenvalue weighted by atomic mass is 16.3. The highest BCUT2D eigenvalue weighted by Crippen LogP contribution is 2.75. The van der Waals surface area contributed by atoms with Crippen molar-refractivity contribution < 1.29 is 14.7 Å². The van der Waals surface area contributed by atoms with Gasteiger partial charge in [-0.1, -0.05) is 60.1 Å². The summed E-state index contributed by atoms with van der Waals surface area (Å²) in [6.45, 7) is 19.2. The lowest BCUT2D eigenvalue weighted by atomic mass is 9.33. The van der Waals surface area contributed by atoms with Gasteiger partial charge in [0.15, 0.2) is 5.78 Å². The summed E-state index contributed by atoms with van der Waals surface area (Å²) in [6.07, 6.45) is 15.2. The van der Waals surface area contributed by atoms with E-state index in [4.69, 9.17) is 0 Å². The van der Waals surface area contributed by atoms with Gasteiger partial charge in [0, 0.05) is 12.5 Å². The summed E-state index contributed by atoms with van der Waals surface area (Å²) in [7, 11) is 0. The fourth-order valence-electron chi connectivity index (χ4n) is 10.9. The summed E-state index contributed by atoms with van der Waals surface area (Å²) in [5.41, 5.74) is 1.30. The molecule has 212 valence electrons. The zero-order chi connectivity index (χ0) is 27.9. The summed E-state index contributed by atoms with van der Waals surface area (Å²) >= 11 is 0. The second-order valence-corrected chi connectivity index (χ2v) is 16.0. The Morgan fingerprint density at radius 3 is 2.37 bits per heavy atom. The molecule has 5 rings (SSSR count). The van der Waals surface area contributed by atoms with E-state index in [0.717, 1.165) is 51.4 Å². The minimum atomic E-state index is -0.284. The lowest BCUT2D eigenvalue weighted by Gasteiger charge is -2.70. The number of hydrogen-bond acceptors (Lipinski definition) is 3. The fourth-order valence-corrected chi connectivity index (χ4v) is 10.9. The van der Waals surface area contributed by atoms with E-state index in [1.807, 2.05) is 6.92 Å². The van der Waals surface area contributed by atoms with E-state index in [0.29, 0.717) is 24.2 Å². The molecule has 0 radical (unpaired) electrons. The Morgan fingerprint density at radius 2 is 1.68 bits per heavy atom. The second-order valence-electron chi connectivity index (χ2n) is 16.0. The molecule has 0 unspecified atom stereocenters. The lowest BCUT2D eigenvalue weighted by Crippen LogP contribution is -2.66. The molecule has 5 aliphatic carbocycles. The third kappa shape index (κ3) is 3.78. The van der Waals surface area contributed by atoms with Crippen LogP contribution in [-0.4, -0.2) is 29.4 Å². The van der Waals surface area contributed by atoms with Crippen LogP contribution in [0, 0.1) is 50.2 Å². The third-order valence-electron chi connectivity index (χ3n) is 13.6. The molecule has 0 bridgehead atoms. The Kier molecular flexibility index (Phi) is 6.50. The number of amides is 1. The summed E-state index contributed by atoms with van der Waals surface area (Å²) in [5.74, 6) is 1.10. The number of ketones is 1.